The standard InChI is InChI=1S/C22H16BrN5OS2/c23-18-9-5-4-8-17(18)20-25-26-22(28(20)13-15-6-2-1-3-7-15)31-14-16-12-19(29)27-10-11-30-21(27)24-16/h1-12H,13-14H2. The van der Waals surface area contributed by atoms with Crippen molar-refractivity contribution in [3.05, 3.63) is 98.3 Å². The molecule has 0 saturated carbocycles. The predicted molar refractivity (Wildman–Crippen MR) is 128 cm³/mol. The second-order valence-electron chi connectivity index (χ2n) is 6.79. The van der Waals surface area contributed by atoms with Crippen molar-refractivity contribution in [2.75, 3.05) is 0 Å². The zero-order chi connectivity index (χ0) is 21.2. The summed E-state index contributed by atoms with van der Waals surface area (Å²) in [5.41, 5.74) is 2.80. The molecule has 6 nitrogen and oxygen atoms in total. The average molecular weight is 510 g/mol. The molecule has 2 aromatic carbocycles. The van der Waals surface area contributed by atoms with Crippen LogP contribution in [0.3, 0.4) is 0 Å². The number of thioether (sulfide) groups is 1. The van der Waals surface area contributed by atoms with E-state index in [1.807, 2.05) is 47.8 Å². The van der Waals surface area contributed by atoms with Crippen LogP contribution in [-0.4, -0.2) is 24.1 Å². The summed E-state index contributed by atoms with van der Waals surface area (Å²) in [7, 11) is 0. The lowest BCUT2D eigenvalue weighted by Gasteiger charge is -2.11. The number of rotatable bonds is 6. The summed E-state index contributed by atoms with van der Waals surface area (Å²) < 4.78 is 4.63. The zero-order valence-electron chi connectivity index (χ0n) is 16.2. The number of nitrogens with zero attached hydrogens (tertiary/aromatic N) is 5. The van der Waals surface area contributed by atoms with E-state index < -0.39 is 0 Å². The highest BCUT2D eigenvalue weighted by Gasteiger charge is 2.17. The maximum Gasteiger partial charge on any atom is 0.258 e. The van der Waals surface area contributed by atoms with Gasteiger partial charge < -0.3 is 0 Å². The molecule has 0 aliphatic carbocycles. The molecule has 0 amide bonds. The van der Waals surface area contributed by atoms with Crippen LogP contribution < -0.4 is 5.56 Å². The SMILES string of the molecule is O=c1cc(CSc2nnc(-c3ccccc3Br)n2Cc2ccccc2)nc2sccn12. The Balaban J connectivity index is 1.50. The second kappa shape index (κ2) is 8.78. The summed E-state index contributed by atoms with van der Waals surface area (Å²) in [5.74, 6) is 1.33. The molecule has 0 spiro atoms. The van der Waals surface area contributed by atoms with Crippen LogP contribution in [0, 0.1) is 0 Å². The summed E-state index contributed by atoms with van der Waals surface area (Å²) in [4.78, 5) is 17.6. The molecule has 5 aromatic rings. The van der Waals surface area contributed by atoms with Gasteiger partial charge in [0.2, 0.25) is 0 Å². The van der Waals surface area contributed by atoms with E-state index >= 15 is 0 Å². The highest BCUT2D eigenvalue weighted by molar-refractivity contribution is 9.10. The minimum atomic E-state index is -0.0680. The van der Waals surface area contributed by atoms with Gasteiger partial charge in [-0.3, -0.25) is 13.8 Å². The first kappa shape index (κ1) is 20.2. The van der Waals surface area contributed by atoms with Gasteiger partial charge in [0.1, 0.15) is 0 Å². The molecule has 5 rings (SSSR count). The minimum Gasteiger partial charge on any atom is -0.298 e. The van der Waals surface area contributed by atoms with E-state index in [0.29, 0.717) is 17.3 Å². The van der Waals surface area contributed by atoms with Crippen LogP contribution in [0.1, 0.15) is 11.3 Å². The quantitative estimate of drug-likeness (QED) is 0.297. The topological polar surface area (TPSA) is 65.1 Å². The number of hydrogen-bond acceptors (Lipinski definition) is 6. The lowest BCUT2D eigenvalue weighted by molar-refractivity contribution is 0.714. The Morgan fingerprint density at radius 2 is 1.84 bits per heavy atom. The fraction of sp³-hybridized carbons (Fsp3) is 0.0909. The molecule has 0 N–H and O–H groups in total. The molecule has 0 fully saturated rings. The molecule has 0 aliphatic rings. The van der Waals surface area contributed by atoms with Crippen LogP contribution in [0.4, 0.5) is 0 Å². The Hall–Kier alpha value is -2.75. The first-order valence-electron chi connectivity index (χ1n) is 9.49. The number of benzene rings is 2. The lowest BCUT2D eigenvalue weighted by atomic mass is 10.2. The normalized spacial score (nSPS) is 11.3. The highest BCUT2D eigenvalue weighted by atomic mass is 79.9. The van der Waals surface area contributed by atoms with Crippen molar-refractivity contribution in [3.8, 4) is 11.4 Å². The molecule has 31 heavy (non-hydrogen) atoms. The Labute approximate surface area is 194 Å². The van der Waals surface area contributed by atoms with Gasteiger partial charge in [-0.2, -0.15) is 0 Å². The molecule has 0 saturated heterocycles. The number of thiazole rings is 1. The summed E-state index contributed by atoms with van der Waals surface area (Å²) >= 11 is 6.61. The van der Waals surface area contributed by atoms with Gasteiger partial charge in [0.15, 0.2) is 15.9 Å². The first-order valence-corrected chi connectivity index (χ1v) is 12.2. The average Bonchev–Trinajstić information content (AvgIpc) is 3.41. The van der Waals surface area contributed by atoms with Gasteiger partial charge in [0.25, 0.3) is 5.56 Å². The monoisotopic (exact) mass is 509 g/mol. The van der Waals surface area contributed by atoms with E-state index in [9.17, 15) is 4.79 Å². The van der Waals surface area contributed by atoms with Crippen molar-refractivity contribution in [1.82, 2.24) is 24.1 Å². The van der Waals surface area contributed by atoms with Crippen molar-refractivity contribution in [2.24, 2.45) is 0 Å². The van der Waals surface area contributed by atoms with Crippen molar-refractivity contribution < 1.29 is 0 Å². The maximum atomic E-state index is 12.3. The largest absolute Gasteiger partial charge is 0.298 e. The Morgan fingerprint density at radius 1 is 1.03 bits per heavy atom. The number of aromatic nitrogens is 5. The number of halogens is 1. The molecule has 0 aliphatic heterocycles. The molecular weight excluding hydrogens is 494 g/mol. The number of fused-ring (bicyclic) bond motifs is 1. The minimum absolute atomic E-state index is 0.0680. The lowest BCUT2D eigenvalue weighted by Crippen LogP contribution is -2.12. The third-order valence-electron chi connectivity index (χ3n) is 4.72. The molecular formula is C22H16BrN5OS2. The van der Waals surface area contributed by atoms with Gasteiger partial charge >= 0.3 is 0 Å². The fourth-order valence-electron chi connectivity index (χ4n) is 3.25. The van der Waals surface area contributed by atoms with Gasteiger partial charge in [-0.05, 0) is 11.6 Å². The van der Waals surface area contributed by atoms with Crippen molar-refractivity contribution >= 4 is 44.0 Å². The third-order valence-corrected chi connectivity index (χ3v) is 7.17. The van der Waals surface area contributed by atoms with Gasteiger partial charge in [0.05, 0.1) is 12.2 Å². The summed E-state index contributed by atoms with van der Waals surface area (Å²) in [6.45, 7) is 0.646. The molecule has 0 atom stereocenters. The van der Waals surface area contributed by atoms with Crippen LogP contribution in [0.25, 0.3) is 16.3 Å². The molecule has 9 heteroatoms. The van der Waals surface area contributed by atoms with Gasteiger partial charge in [-0.1, -0.05) is 76.2 Å². The Morgan fingerprint density at radius 3 is 2.68 bits per heavy atom. The maximum absolute atomic E-state index is 12.3. The van der Waals surface area contributed by atoms with Crippen molar-refractivity contribution in [3.63, 3.8) is 0 Å². The first-order chi connectivity index (χ1) is 15.2. The smallest absolute Gasteiger partial charge is 0.258 e. The Kier molecular flexibility index (Phi) is 5.71. The molecule has 0 bridgehead atoms. The van der Waals surface area contributed by atoms with E-state index in [1.165, 1.54) is 23.1 Å². The van der Waals surface area contributed by atoms with Gasteiger partial charge in [0, 0.05) is 33.4 Å². The van der Waals surface area contributed by atoms with Crippen LogP contribution in [0.5, 0.6) is 0 Å². The van der Waals surface area contributed by atoms with E-state index in [4.69, 9.17) is 0 Å². The summed E-state index contributed by atoms with van der Waals surface area (Å²) in [6, 6.07) is 19.8. The van der Waals surface area contributed by atoms with E-state index in [1.54, 1.807) is 16.7 Å². The summed E-state index contributed by atoms with van der Waals surface area (Å²) in [6.07, 6.45) is 1.74. The molecule has 0 radical (unpaired) electrons. The van der Waals surface area contributed by atoms with E-state index in [-0.39, 0.29) is 5.56 Å². The van der Waals surface area contributed by atoms with Crippen LogP contribution in [-0.2, 0) is 12.3 Å². The Bertz CT molecular complexity index is 1410. The van der Waals surface area contributed by atoms with Gasteiger partial charge in [-0.15, -0.1) is 21.5 Å². The third kappa shape index (κ3) is 4.21. The van der Waals surface area contributed by atoms with E-state index in [0.717, 1.165) is 32.3 Å². The second-order valence-corrected chi connectivity index (χ2v) is 9.46. The van der Waals surface area contributed by atoms with Gasteiger partial charge in [-0.25, -0.2) is 4.98 Å². The highest BCUT2D eigenvalue weighted by Crippen LogP contribution is 2.31. The van der Waals surface area contributed by atoms with Crippen molar-refractivity contribution in [2.45, 2.75) is 17.5 Å². The van der Waals surface area contributed by atoms with Crippen LogP contribution in [0.15, 0.2) is 86.7 Å². The molecule has 0 unspecified atom stereocenters. The van der Waals surface area contributed by atoms with E-state index in [2.05, 4.69) is 47.8 Å². The van der Waals surface area contributed by atoms with Crippen LogP contribution in [0.2, 0.25) is 0 Å². The zero-order valence-corrected chi connectivity index (χ0v) is 19.4. The molecule has 154 valence electrons. The summed E-state index contributed by atoms with van der Waals surface area (Å²) in [5, 5.41) is 11.6. The predicted octanol–water partition coefficient (Wildman–Crippen LogP) is 5.12. The van der Waals surface area contributed by atoms with Crippen LogP contribution >= 0.6 is 39.0 Å². The van der Waals surface area contributed by atoms with Crippen molar-refractivity contribution in [1.29, 1.82) is 0 Å². The molecule has 3 heterocycles. The fourth-order valence-corrected chi connectivity index (χ4v) is 5.28. The number of hydrogen-bond donors (Lipinski definition) is 0. The molecule has 3 aromatic heterocycles.